The van der Waals surface area contributed by atoms with Crippen LogP contribution in [-0.2, 0) is 6.42 Å². The number of rotatable bonds is 4. The van der Waals surface area contributed by atoms with Crippen molar-refractivity contribution >= 4 is 11.0 Å². The van der Waals surface area contributed by atoms with Crippen molar-refractivity contribution in [1.82, 2.24) is 10.1 Å². The molecular formula is C19H19FN2O. The number of hydrogen-bond acceptors (Lipinski definition) is 3. The Morgan fingerprint density at radius 2 is 2.04 bits per heavy atom. The van der Waals surface area contributed by atoms with Crippen molar-refractivity contribution in [1.29, 1.82) is 0 Å². The van der Waals surface area contributed by atoms with E-state index in [2.05, 4.69) is 34.3 Å². The molecule has 0 saturated carbocycles. The molecule has 1 aromatic heterocycles. The van der Waals surface area contributed by atoms with Gasteiger partial charge < -0.3 is 9.42 Å². The van der Waals surface area contributed by atoms with E-state index in [1.165, 1.54) is 17.7 Å². The molecule has 118 valence electrons. The van der Waals surface area contributed by atoms with Crippen LogP contribution < -0.4 is 0 Å². The number of likely N-dealkylation sites (tertiary alicyclic amines) is 1. The zero-order valence-corrected chi connectivity index (χ0v) is 12.9. The quantitative estimate of drug-likeness (QED) is 0.729. The zero-order chi connectivity index (χ0) is 15.6. The number of benzene rings is 2. The Balaban J connectivity index is 1.43. The maximum atomic E-state index is 13.3. The van der Waals surface area contributed by atoms with E-state index in [1.54, 1.807) is 6.07 Å². The Morgan fingerprint density at radius 3 is 2.91 bits per heavy atom. The molecule has 0 radical (unpaired) electrons. The first-order valence-corrected chi connectivity index (χ1v) is 8.11. The molecule has 1 fully saturated rings. The number of fused-ring (bicyclic) bond motifs is 1. The first-order valence-electron chi connectivity index (χ1n) is 8.11. The first kappa shape index (κ1) is 14.4. The molecule has 1 unspecified atom stereocenters. The third kappa shape index (κ3) is 2.99. The van der Waals surface area contributed by atoms with E-state index < -0.39 is 0 Å². The summed E-state index contributed by atoms with van der Waals surface area (Å²) in [6.45, 7) is 3.13. The van der Waals surface area contributed by atoms with Crippen molar-refractivity contribution in [2.24, 2.45) is 0 Å². The zero-order valence-electron chi connectivity index (χ0n) is 12.9. The van der Waals surface area contributed by atoms with Gasteiger partial charge in [0.15, 0.2) is 5.58 Å². The van der Waals surface area contributed by atoms with Gasteiger partial charge in [0.2, 0.25) is 0 Å². The van der Waals surface area contributed by atoms with E-state index in [-0.39, 0.29) is 5.82 Å². The highest BCUT2D eigenvalue weighted by Crippen LogP contribution is 2.32. The molecule has 0 bridgehead atoms. The minimum Gasteiger partial charge on any atom is -0.356 e. The molecular weight excluding hydrogens is 291 g/mol. The molecule has 1 atom stereocenters. The van der Waals surface area contributed by atoms with Crippen LogP contribution in [0.15, 0.2) is 53.1 Å². The Hall–Kier alpha value is -2.20. The summed E-state index contributed by atoms with van der Waals surface area (Å²) in [5.41, 5.74) is 2.89. The maximum Gasteiger partial charge on any atom is 0.170 e. The summed E-state index contributed by atoms with van der Waals surface area (Å²) in [5, 5.41) is 5.15. The van der Waals surface area contributed by atoms with Crippen LogP contribution in [0.4, 0.5) is 4.39 Å². The smallest absolute Gasteiger partial charge is 0.170 e. The Labute approximate surface area is 134 Å². The minimum atomic E-state index is -0.281. The topological polar surface area (TPSA) is 29.3 Å². The van der Waals surface area contributed by atoms with Crippen LogP contribution in [-0.4, -0.2) is 29.7 Å². The van der Waals surface area contributed by atoms with Gasteiger partial charge in [-0.1, -0.05) is 35.5 Å². The first-order chi connectivity index (χ1) is 11.3. The Kier molecular flexibility index (Phi) is 3.83. The molecule has 1 aliphatic heterocycles. The average molecular weight is 310 g/mol. The number of halogens is 1. The molecule has 1 aliphatic rings. The second-order valence-corrected chi connectivity index (χ2v) is 6.23. The molecule has 0 spiro atoms. The van der Waals surface area contributed by atoms with E-state index in [1.807, 2.05) is 6.07 Å². The lowest BCUT2D eigenvalue weighted by Crippen LogP contribution is -2.23. The maximum absolute atomic E-state index is 13.3. The van der Waals surface area contributed by atoms with Crippen LogP contribution in [0.3, 0.4) is 0 Å². The monoisotopic (exact) mass is 310 g/mol. The summed E-state index contributed by atoms with van der Waals surface area (Å²) >= 11 is 0. The van der Waals surface area contributed by atoms with Gasteiger partial charge in [0.25, 0.3) is 0 Å². The van der Waals surface area contributed by atoms with Crippen molar-refractivity contribution in [2.45, 2.75) is 18.8 Å². The van der Waals surface area contributed by atoms with E-state index in [0.29, 0.717) is 11.5 Å². The van der Waals surface area contributed by atoms with Crippen molar-refractivity contribution in [3.8, 4) is 0 Å². The van der Waals surface area contributed by atoms with Crippen molar-refractivity contribution in [3.63, 3.8) is 0 Å². The van der Waals surface area contributed by atoms with Gasteiger partial charge in [0.05, 0.1) is 5.69 Å². The Bertz CT molecular complexity index is 799. The van der Waals surface area contributed by atoms with Crippen LogP contribution in [0.25, 0.3) is 11.0 Å². The number of hydrogen-bond donors (Lipinski definition) is 0. The van der Waals surface area contributed by atoms with Crippen molar-refractivity contribution < 1.29 is 8.91 Å². The summed E-state index contributed by atoms with van der Waals surface area (Å²) in [4.78, 5) is 2.47. The van der Waals surface area contributed by atoms with Crippen LogP contribution in [0.1, 0.15) is 23.6 Å². The fourth-order valence-electron chi connectivity index (χ4n) is 3.42. The normalized spacial score (nSPS) is 18.7. The van der Waals surface area contributed by atoms with E-state index in [9.17, 15) is 4.39 Å². The molecule has 0 amide bonds. The number of nitrogens with zero attached hydrogens (tertiary/aromatic N) is 2. The fraction of sp³-hybridized carbons (Fsp3) is 0.316. The second-order valence-electron chi connectivity index (χ2n) is 6.23. The van der Waals surface area contributed by atoms with Gasteiger partial charge in [-0.25, -0.2) is 4.39 Å². The van der Waals surface area contributed by atoms with Gasteiger partial charge in [-0.05, 0) is 37.1 Å². The van der Waals surface area contributed by atoms with Crippen LogP contribution in [0, 0.1) is 5.82 Å². The van der Waals surface area contributed by atoms with E-state index >= 15 is 0 Å². The molecule has 2 heterocycles. The molecule has 4 rings (SSSR count). The molecule has 1 saturated heterocycles. The highest BCUT2D eigenvalue weighted by Gasteiger charge is 2.27. The third-order valence-corrected chi connectivity index (χ3v) is 4.68. The fourth-order valence-corrected chi connectivity index (χ4v) is 3.42. The molecule has 4 heteroatoms. The predicted molar refractivity (Wildman–Crippen MR) is 87.9 cm³/mol. The highest BCUT2D eigenvalue weighted by atomic mass is 19.1. The molecule has 3 aromatic rings. The van der Waals surface area contributed by atoms with Gasteiger partial charge in [-0.2, -0.15) is 0 Å². The largest absolute Gasteiger partial charge is 0.356 e. The molecule has 3 nitrogen and oxygen atoms in total. The van der Waals surface area contributed by atoms with Crippen LogP contribution in [0.5, 0.6) is 0 Å². The molecule has 0 N–H and O–H groups in total. The average Bonchev–Trinajstić information content (AvgIpc) is 3.20. The van der Waals surface area contributed by atoms with Gasteiger partial charge in [0, 0.05) is 30.5 Å². The highest BCUT2D eigenvalue weighted by molar-refractivity contribution is 5.80. The summed E-state index contributed by atoms with van der Waals surface area (Å²) in [6.07, 6.45) is 2.14. The van der Waals surface area contributed by atoms with Gasteiger partial charge in [-0.15, -0.1) is 0 Å². The van der Waals surface area contributed by atoms with E-state index in [4.69, 9.17) is 4.52 Å². The summed E-state index contributed by atoms with van der Waals surface area (Å²) in [7, 11) is 0. The third-order valence-electron chi connectivity index (χ3n) is 4.68. The molecule has 23 heavy (non-hydrogen) atoms. The van der Waals surface area contributed by atoms with Crippen LogP contribution in [0.2, 0.25) is 0 Å². The Morgan fingerprint density at radius 1 is 1.17 bits per heavy atom. The lowest BCUT2D eigenvalue weighted by molar-refractivity contribution is 0.336. The lowest BCUT2D eigenvalue weighted by Gasteiger charge is -2.15. The SMILES string of the molecule is Fc1ccc2c(C3CCN(CCc4ccccc4)C3)noc2c1. The second kappa shape index (κ2) is 6.13. The summed E-state index contributed by atoms with van der Waals surface area (Å²) < 4.78 is 18.5. The van der Waals surface area contributed by atoms with E-state index in [0.717, 1.165) is 43.6 Å². The van der Waals surface area contributed by atoms with Gasteiger partial charge >= 0.3 is 0 Å². The summed E-state index contributed by atoms with van der Waals surface area (Å²) in [5.74, 6) is 0.0913. The predicted octanol–water partition coefficient (Wildman–Crippen LogP) is 4.00. The standard InChI is InChI=1S/C19H19FN2O/c20-16-6-7-17-18(12-16)23-21-19(17)15-9-11-22(13-15)10-8-14-4-2-1-3-5-14/h1-7,12,15H,8-11,13H2. The van der Waals surface area contributed by atoms with Gasteiger partial charge in [0.1, 0.15) is 5.82 Å². The van der Waals surface area contributed by atoms with Crippen molar-refractivity contribution in [3.05, 3.63) is 65.6 Å². The summed E-state index contributed by atoms with van der Waals surface area (Å²) in [6, 6.07) is 15.2. The van der Waals surface area contributed by atoms with Crippen molar-refractivity contribution in [2.75, 3.05) is 19.6 Å². The minimum absolute atomic E-state index is 0.281. The van der Waals surface area contributed by atoms with Crippen LogP contribution >= 0.6 is 0 Å². The lowest BCUT2D eigenvalue weighted by atomic mass is 10.0. The molecule has 2 aromatic carbocycles. The molecule has 0 aliphatic carbocycles. The van der Waals surface area contributed by atoms with Gasteiger partial charge in [-0.3, -0.25) is 0 Å². The number of aromatic nitrogens is 1.